The van der Waals surface area contributed by atoms with Crippen LogP contribution in [0.25, 0.3) is 17.2 Å². The summed E-state index contributed by atoms with van der Waals surface area (Å²) in [6, 6.07) is 9.84. The average Bonchev–Trinajstić information content (AvgIpc) is 3.17. The third-order valence-electron chi connectivity index (χ3n) is 4.69. The Balaban J connectivity index is 1.85. The quantitative estimate of drug-likeness (QED) is 0.374. The zero-order chi connectivity index (χ0) is 20.4. The first-order valence-electron chi connectivity index (χ1n) is 9.86. The Morgan fingerprint density at radius 2 is 1.89 bits per heavy atom. The molecule has 0 spiro atoms. The predicted octanol–water partition coefficient (Wildman–Crippen LogP) is 5.74. The lowest BCUT2D eigenvalue weighted by atomic mass is 10.0. The van der Waals surface area contributed by atoms with Crippen molar-refractivity contribution in [2.24, 2.45) is 5.92 Å². The van der Waals surface area contributed by atoms with Gasteiger partial charge in [-0.15, -0.1) is 11.3 Å². The van der Waals surface area contributed by atoms with Crippen molar-refractivity contribution in [3.8, 4) is 11.1 Å². The van der Waals surface area contributed by atoms with Crippen molar-refractivity contribution in [3.05, 3.63) is 52.2 Å². The maximum Gasteiger partial charge on any atom is 0.328 e. The van der Waals surface area contributed by atoms with Crippen LogP contribution in [0.2, 0.25) is 0 Å². The molecule has 1 atom stereocenters. The Hall–Kier alpha value is -2.40. The summed E-state index contributed by atoms with van der Waals surface area (Å²) in [4.78, 5) is 23.9. The van der Waals surface area contributed by atoms with Crippen LogP contribution in [-0.2, 0) is 16.1 Å². The van der Waals surface area contributed by atoms with Crippen molar-refractivity contribution in [3.63, 3.8) is 0 Å². The number of aliphatic carboxylic acids is 1. The molecule has 4 nitrogen and oxygen atoms in total. The molecule has 2 aromatic rings. The molecule has 0 bridgehead atoms. The van der Waals surface area contributed by atoms with Gasteiger partial charge >= 0.3 is 5.97 Å². The zero-order valence-corrected chi connectivity index (χ0v) is 17.4. The van der Waals surface area contributed by atoms with Gasteiger partial charge in [0, 0.05) is 16.9 Å². The molecular weight excluding hydrogens is 370 g/mol. The maximum atomic E-state index is 12.2. The summed E-state index contributed by atoms with van der Waals surface area (Å²) >= 11 is 1.63. The zero-order valence-electron chi connectivity index (χ0n) is 16.6. The molecule has 0 saturated heterocycles. The minimum Gasteiger partial charge on any atom is -0.478 e. The first-order valence-corrected chi connectivity index (χ1v) is 10.7. The van der Waals surface area contributed by atoms with E-state index in [4.69, 9.17) is 5.11 Å². The lowest BCUT2D eigenvalue weighted by Crippen LogP contribution is -2.28. The van der Waals surface area contributed by atoms with Gasteiger partial charge in [-0.3, -0.25) is 4.79 Å². The molecule has 1 aromatic carbocycles. The number of carbonyl (C=O) groups is 2. The van der Waals surface area contributed by atoms with Gasteiger partial charge < -0.3 is 10.4 Å². The van der Waals surface area contributed by atoms with E-state index in [0.29, 0.717) is 6.54 Å². The van der Waals surface area contributed by atoms with E-state index in [1.54, 1.807) is 17.4 Å². The van der Waals surface area contributed by atoms with Crippen LogP contribution in [0.1, 0.15) is 56.4 Å². The SMILES string of the molecule is CCCCCCC(C)C(=O)NCc1cc(-c2ccc(C=CC(=O)O)cc2)cs1. The molecule has 5 heteroatoms. The molecule has 2 N–H and O–H groups in total. The Bertz CT molecular complexity index is 792. The summed E-state index contributed by atoms with van der Waals surface area (Å²) in [5.41, 5.74) is 3.03. The number of thiophene rings is 1. The second kappa shape index (κ2) is 11.4. The highest BCUT2D eigenvalue weighted by Crippen LogP contribution is 2.26. The van der Waals surface area contributed by atoms with Crippen LogP contribution in [0, 0.1) is 5.92 Å². The van der Waals surface area contributed by atoms with Gasteiger partial charge in [-0.05, 0) is 40.6 Å². The Morgan fingerprint density at radius 1 is 1.14 bits per heavy atom. The van der Waals surface area contributed by atoms with E-state index in [2.05, 4.69) is 23.7 Å². The fourth-order valence-electron chi connectivity index (χ4n) is 2.94. The monoisotopic (exact) mass is 399 g/mol. The van der Waals surface area contributed by atoms with E-state index in [-0.39, 0.29) is 11.8 Å². The molecule has 2 rings (SSSR count). The molecule has 0 aliphatic heterocycles. The van der Waals surface area contributed by atoms with Gasteiger partial charge in [-0.2, -0.15) is 0 Å². The number of hydrogen-bond acceptors (Lipinski definition) is 3. The van der Waals surface area contributed by atoms with Crippen molar-refractivity contribution >= 4 is 29.3 Å². The molecule has 0 aliphatic carbocycles. The molecule has 1 aromatic heterocycles. The topological polar surface area (TPSA) is 66.4 Å². The number of hydrogen-bond donors (Lipinski definition) is 2. The van der Waals surface area contributed by atoms with E-state index in [1.165, 1.54) is 19.3 Å². The standard InChI is InChI=1S/C23H29NO3S/c1-3-4-5-6-7-17(2)23(27)24-15-21-14-20(16-28-21)19-11-8-18(9-12-19)10-13-22(25)26/h8-14,16-17H,3-7,15H2,1-2H3,(H,24,27)(H,25,26). The molecule has 150 valence electrons. The van der Waals surface area contributed by atoms with E-state index in [9.17, 15) is 9.59 Å². The van der Waals surface area contributed by atoms with Crippen molar-refractivity contribution in [2.45, 2.75) is 52.5 Å². The van der Waals surface area contributed by atoms with E-state index >= 15 is 0 Å². The molecule has 1 amide bonds. The van der Waals surface area contributed by atoms with Crippen molar-refractivity contribution in [1.82, 2.24) is 5.32 Å². The number of carbonyl (C=O) groups excluding carboxylic acids is 1. The Labute approximate surface area is 171 Å². The van der Waals surface area contributed by atoms with Gasteiger partial charge in [0.15, 0.2) is 0 Å². The van der Waals surface area contributed by atoms with Crippen LogP contribution in [0.15, 0.2) is 41.8 Å². The van der Waals surface area contributed by atoms with Crippen LogP contribution in [0.5, 0.6) is 0 Å². The number of nitrogens with one attached hydrogen (secondary N) is 1. The van der Waals surface area contributed by atoms with Crippen molar-refractivity contribution in [2.75, 3.05) is 0 Å². The van der Waals surface area contributed by atoms with Gasteiger partial charge in [0.1, 0.15) is 0 Å². The smallest absolute Gasteiger partial charge is 0.328 e. The number of benzene rings is 1. The van der Waals surface area contributed by atoms with Crippen LogP contribution in [-0.4, -0.2) is 17.0 Å². The van der Waals surface area contributed by atoms with E-state index in [0.717, 1.165) is 40.5 Å². The third-order valence-corrected chi connectivity index (χ3v) is 5.63. The summed E-state index contributed by atoms with van der Waals surface area (Å²) in [7, 11) is 0. The van der Waals surface area contributed by atoms with Gasteiger partial charge in [-0.1, -0.05) is 63.8 Å². The number of rotatable bonds is 11. The lowest BCUT2D eigenvalue weighted by Gasteiger charge is -2.11. The third kappa shape index (κ3) is 7.31. The molecule has 0 radical (unpaired) electrons. The summed E-state index contributed by atoms with van der Waals surface area (Å²) in [5.74, 6) is -0.771. The normalized spacial score (nSPS) is 12.2. The predicted molar refractivity (Wildman–Crippen MR) is 116 cm³/mol. The summed E-state index contributed by atoms with van der Waals surface area (Å²) in [6.07, 6.45) is 8.42. The molecule has 0 aliphatic rings. The summed E-state index contributed by atoms with van der Waals surface area (Å²) in [5, 5.41) is 13.8. The molecule has 0 fully saturated rings. The number of carboxylic acids is 1. The first-order chi connectivity index (χ1) is 13.5. The average molecular weight is 400 g/mol. The van der Waals surface area contributed by atoms with Crippen molar-refractivity contribution in [1.29, 1.82) is 0 Å². The van der Waals surface area contributed by atoms with Gasteiger partial charge in [0.25, 0.3) is 0 Å². The molecule has 28 heavy (non-hydrogen) atoms. The van der Waals surface area contributed by atoms with Crippen LogP contribution in [0.4, 0.5) is 0 Å². The second-order valence-corrected chi connectivity index (χ2v) is 8.06. The van der Waals surface area contributed by atoms with E-state index < -0.39 is 5.97 Å². The van der Waals surface area contributed by atoms with Crippen molar-refractivity contribution < 1.29 is 14.7 Å². The minimum atomic E-state index is -0.955. The first kappa shape index (κ1) is 21.9. The highest BCUT2D eigenvalue weighted by molar-refractivity contribution is 7.10. The fourth-order valence-corrected chi connectivity index (χ4v) is 3.77. The maximum absolute atomic E-state index is 12.2. The number of carboxylic acid groups (broad SMARTS) is 1. The van der Waals surface area contributed by atoms with Crippen LogP contribution < -0.4 is 5.32 Å². The molecular formula is C23H29NO3S. The van der Waals surface area contributed by atoms with Gasteiger partial charge in [0.2, 0.25) is 5.91 Å². The second-order valence-electron chi connectivity index (χ2n) is 7.06. The summed E-state index contributed by atoms with van der Waals surface area (Å²) in [6.45, 7) is 4.75. The Morgan fingerprint density at radius 3 is 2.57 bits per heavy atom. The van der Waals surface area contributed by atoms with E-state index in [1.807, 2.05) is 31.2 Å². The lowest BCUT2D eigenvalue weighted by molar-refractivity contribution is -0.131. The van der Waals surface area contributed by atoms with Crippen LogP contribution in [0.3, 0.4) is 0 Å². The Kier molecular flexibility index (Phi) is 8.95. The largest absolute Gasteiger partial charge is 0.478 e. The molecule has 0 saturated carbocycles. The number of unbranched alkanes of at least 4 members (excludes halogenated alkanes) is 3. The van der Waals surface area contributed by atoms with Gasteiger partial charge in [-0.25, -0.2) is 4.79 Å². The molecule has 1 heterocycles. The van der Waals surface area contributed by atoms with Crippen LogP contribution >= 0.6 is 11.3 Å². The highest BCUT2D eigenvalue weighted by Gasteiger charge is 2.12. The molecule has 1 unspecified atom stereocenters. The van der Waals surface area contributed by atoms with Gasteiger partial charge in [0.05, 0.1) is 6.54 Å². The fraction of sp³-hybridized carbons (Fsp3) is 0.391. The number of amides is 1. The minimum absolute atomic E-state index is 0.0580. The summed E-state index contributed by atoms with van der Waals surface area (Å²) < 4.78 is 0. The highest BCUT2D eigenvalue weighted by atomic mass is 32.1.